The van der Waals surface area contributed by atoms with E-state index in [1.807, 2.05) is 6.08 Å². The number of hydrogen-bond donors (Lipinski definition) is 6. The predicted molar refractivity (Wildman–Crippen MR) is 186 cm³/mol. The quantitative estimate of drug-likeness (QED) is 0.183. The number of carbonyl (C=O) groups excluding carboxylic acids is 2. The molecule has 12 heteroatoms. The van der Waals surface area contributed by atoms with Crippen LogP contribution < -0.4 is 0 Å². The van der Waals surface area contributed by atoms with Crippen LogP contribution >= 0.6 is 0 Å². The Labute approximate surface area is 307 Å². The molecule has 0 aromatic heterocycles. The molecular formula is C40H62O12. The molecule has 0 aromatic rings. The molecule has 8 aliphatic rings. The lowest BCUT2D eigenvalue weighted by Gasteiger charge is -2.61. The SMILES string of the molecule is CC(=O)O[C@H]1CCC2C3C(CC[C@@]21CO)[C@@]1(C)CO[C@H](O)CC1=C[C@@H]3O.CC(=O)O[C@H]1CCC2C3C(CC[C@@]21CO)[C@@]1(C)CO[C@H](O)CC1C[C@@H]3O. The molecular weight excluding hydrogens is 672 g/mol. The van der Waals surface area contributed by atoms with E-state index in [1.165, 1.54) is 13.8 Å². The average molecular weight is 735 g/mol. The van der Waals surface area contributed by atoms with E-state index in [4.69, 9.17) is 18.9 Å². The van der Waals surface area contributed by atoms with Gasteiger partial charge in [0, 0.05) is 42.9 Å². The zero-order valence-corrected chi connectivity index (χ0v) is 31.3. The fraction of sp³-hybridized carbons (Fsp3) is 0.900. The van der Waals surface area contributed by atoms with Crippen LogP contribution in [0.1, 0.15) is 98.3 Å². The number of ether oxygens (including phenoxy) is 4. The Bertz CT molecular complexity index is 1390. The molecule has 2 saturated heterocycles. The molecule has 0 bridgehead atoms. The summed E-state index contributed by atoms with van der Waals surface area (Å²) in [5.74, 6) is 0.600. The maximum atomic E-state index is 11.6. The normalized spacial score (nSPS) is 51.8. The molecule has 2 aliphatic heterocycles. The number of carbonyl (C=O) groups is 2. The van der Waals surface area contributed by atoms with Crippen LogP contribution in [0.25, 0.3) is 0 Å². The summed E-state index contributed by atoms with van der Waals surface area (Å²) in [6, 6.07) is 0. The van der Waals surface area contributed by atoms with Gasteiger partial charge in [0.05, 0.1) is 38.6 Å². The first kappa shape index (κ1) is 38.6. The zero-order valence-electron chi connectivity index (χ0n) is 31.3. The van der Waals surface area contributed by atoms with E-state index < -0.39 is 35.6 Å². The van der Waals surface area contributed by atoms with E-state index in [-0.39, 0.29) is 83.7 Å². The smallest absolute Gasteiger partial charge is 0.302 e. The van der Waals surface area contributed by atoms with Crippen molar-refractivity contribution in [3.8, 4) is 0 Å². The lowest BCUT2D eigenvalue weighted by atomic mass is 9.46. The first-order chi connectivity index (χ1) is 24.6. The molecule has 0 amide bonds. The lowest BCUT2D eigenvalue weighted by molar-refractivity contribution is -0.248. The minimum absolute atomic E-state index is 0.000903. The average Bonchev–Trinajstić information content (AvgIpc) is 3.65. The Hall–Kier alpha value is -1.64. The minimum atomic E-state index is -0.793. The van der Waals surface area contributed by atoms with Crippen molar-refractivity contribution in [3.63, 3.8) is 0 Å². The molecule has 7 unspecified atom stereocenters. The van der Waals surface area contributed by atoms with Crippen LogP contribution in [-0.4, -0.2) is 106 Å². The number of hydrogen-bond acceptors (Lipinski definition) is 12. The Balaban J connectivity index is 0.000000162. The van der Waals surface area contributed by atoms with E-state index in [9.17, 15) is 40.2 Å². The molecule has 6 aliphatic carbocycles. The van der Waals surface area contributed by atoms with Crippen molar-refractivity contribution in [3.05, 3.63) is 11.6 Å². The molecule has 6 N–H and O–H groups in total. The van der Waals surface area contributed by atoms with Gasteiger partial charge in [0.2, 0.25) is 0 Å². The van der Waals surface area contributed by atoms with Crippen LogP contribution in [0.15, 0.2) is 11.6 Å². The second kappa shape index (κ2) is 14.1. The van der Waals surface area contributed by atoms with E-state index in [2.05, 4.69) is 13.8 Å². The Morgan fingerprint density at radius 3 is 1.87 bits per heavy atom. The van der Waals surface area contributed by atoms with Crippen LogP contribution in [0.3, 0.4) is 0 Å². The number of aliphatic hydroxyl groups excluding tert-OH is 6. The highest BCUT2D eigenvalue weighted by atomic mass is 16.6. The Morgan fingerprint density at radius 2 is 1.29 bits per heavy atom. The number of esters is 2. The van der Waals surface area contributed by atoms with E-state index in [0.29, 0.717) is 38.4 Å². The Kier molecular flexibility index (Phi) is 10.5. The first-order valence-corrected chi connectivity index (χ1v) is 19.9. The van der Waals surface area contributed by atoms with Gasteiger partial charge >= 0.3 is 11.9 Å². The van der Waals surface area contributed by atoms with E-state index >= 15 is 0 Å². The maximum absolute atomic E-state index is 11.6. The van der Waals surface area contributed by atoms with Crippen molar-refractivity contribution in [1.29, 1.82) is 0 Å². The van der Waals surface area contributed by atoms with Crippen molar-refractivity contribution in [2.45, 2.75) is 135 Å². The van der Waals surface area contributed by atoms with Crippen molar-refractivity contribution in [2.75, 3.05) is 26.4 Å². The molecule has 0 aromatic carbocycles. The summed E-state index contributed by atoms with van der Waals surface area (Å²) in [7, 11) is 0. The molecule has 8 rings (SSSR count). The molecule has 12 nitrogen and oxygen atoms in total. The fourth-order valence-corrected chi connectivity index (χ4v) is 13.8. The van der Waals surface area contributed by atoms with Crippen molar-refractivity contribution in [2.24, 2.45) is 63.1 Å². The summed E-state index contributed by atoms with van der Waals surface area (Å²) in [4.78, 5) is 23.1. The lowest BCUT2D eigenvalue weighted by Crippen LogP contribution is -2.61. The van der Waals surface area contributed by atoms with Gasteiger partial charge in [-0.05, 0) is 105 Å². The third-order valence-corrected chi connectivity index (χ3v) is 16.3. The fourth-order valence-electron chi connectivity index (χ4n) is 13.8. The molecule has 52 heavy (non-hydrogen) atoms. The zero-order chi connectivity index (χ0) is 37.4. The van der Waals surface area contributed by atoms with E-state index in [0.717, 1.165) is 56.9 Å². The van der Waals surface area contributed by atoms with E-state index in [1.54, 1.807) is 0 Å². The van der Waals surface area contributed by atoms with Gasteiger partial charge in [-0.1, -0.05) is 25.5 Å². The second-order valence-corrected chi connectivity index (χ2v) is 18.4. The molecule has 294 valence electrons. The van der Waals surface area contributed by atoms with Gasteiger partial charge in [0.25, 0.3) is 0 Å². The molecule has 17 atom stereocenters. The maximum Gasteiger partial charge on any atom is 0.302 e. The van der Waals surface area contributed by atoms with Crippen molar-refractivity contribution >= 4 is 11.9 Å². The second-order valence-electron chi connectivity index (χ2n) is 18.4. The van der Waals surface area contributed by atoms with Crippen LogP contribution in [0.2, 0.25) is 0 Å². The third-order valence-electron chi connectivity index (χ3n) is 16.3. The number of aliphatic hydroxyl groups is 6. The highest BCUT2D eigenvalue weighted by molar-refractivity contribution is 5.66. The number of rotatable bonds is 4. The molecule has 5 saturated carbocycles. The molecule has 7 fully saturated rings. The summed E-state index contributed by atoms with van der Waals surface area (Å²) in [5, 5.41) is 62.4. The molecule has 2 heterocycles. The highest BCUT2D eigenvalue weighted by Crippen LogP contribution is 2.66. The monoisotopic (exact) mass is 734 g/mol. The number of fused-ring (bicyclic) bond motifs is 10. The van der Waals surface area contributed by atoms with Gasteiger partial charge in [0.15, 0.2) is 12.6 Å². The van der Waals surface area contributed by atoms with Crippen LogP contribution in [-0.2, 0) is 28.5 Å². The highest BCUT2D eigenvalue weighted by Gasteiger charge is 2.66. The van der Waals surface area contributed by atoms with Crippen molar-refractivity contribution < 1.29 is 59.2 Å². The summed E-state index contributed by atoms with van der Waals surface area (Å²) < 4.78 is 22.4. The van der Waals surface area contributed by atoms with Gasteiger partial charge in [-0.25, -0.2) is 0 Å². The summed E-state index contributed by atoms with van der Waals surface area (Å²) in [6.45, 7) is 8.24. The molecule has 0 radical (unpaired) electrons. The largest absolute Gasteiger partial charge is 0.462 e. The van der Waals surface area contributed by atoms with Gasteiger partial charge in [-0.3, -0.25) is 9.59 Å². The van der Waals surface area contributed by atoms with Crippen LogP contribution in [0, 0.1) is 63.1 Å². The van der Waals surface area contributed by atoms with Crippen molar-refractivity contribution in [1.82, 2.24) is 0 Å². The van der Waals surface area contributed by atoms with Crippen LogP contribution in [0.5, 0.6) is 0 Å². The third kappa shape index (κ3) is 6.01. The summed E-state index contributed by atoms with van der Waals surface area (Å²) in [5.41, 5.74) is -0.0264. The minimum Gasteiger partial charge on any atom is -0.462 e. The predicted octanol–water partition coefficient (Wildman–Crippen LogP) is 2.84. The van der Waals surface area contributed by atoms with Gasteiger partial charge in [-0.2, -0.15) is 0 Å². The van der Waals surface area contributed by atoms with Gasteiger partial charge in [-0.15, -0.1) is 0 Å². The van der Waals surface area contributed by atoms with Gasteiger partial charge < -0.3 is 49.6 Å². The van der Waals surface area contributed by atoms with Gasteiger partial charge in [0.1, 0.15) is 12.2 Å². The topological polar surface area (TPSA) is 192 Å². The molecule has 0 spiro atoms. The summed E-state index contributed by atoms with van der Waals surface area (Å²) >= 11 is 0. The Morgan fingerprint density at radius 1 is 0.731 bits per heavy atom. The first-order valence-electron chi connectivity index (χ1n) is 19.9. The summed E-state index contributed by atoms with van der Waals surface area (Å²) in [6.07, 6.45) is 7.11. The van der Waals surface area contributed by atoms with Crippen LogP contribution in [0.4, 0.5) is 0 Å². The standard InChI is InChI=1S/C20H32O6.C20H30O6/c2*1-11(22)26-16-4-3-14-18-13(5-6-20(14,16)9-21)19(2)10-25-17(24)8-12(19)7-15(18)23/h12-18,21,23-24H,3-10H2,1-2H3;7,13-18,21,23-24H,3-6,8-10H2,1-2H3/t12?,13?,14?,15-,16-,17-,18?,19-,20+;13?,14?,15-,16-,17-,18?,19-,20+/m00/s1.